The number of methoxy groups -OCH3 is 1. The number of ether oxygens (including phenoxy) is 1. The molecular weight excluding hydrogens is 363 g/mol. The van der Waals surface area contributed by atoms with Crippen LogP contribution in [0.2, 0.25) is 5.02 Å². The van der Waals surface area contributed by atoms with Crippen LogP contribution in [0.5, 0.6) is 5.75 Å². The Hall–Kier alpha value is -2.85. The summed E-state index contributed by atoms with van der Waals surface area (Å²) in [5.41, 5.74) is 3.39. The van der Waals surface area contributed by atoms with Crippen molar-refractivity contribution in [3.8, 4) is 5.75 Å². The van der Waals surface area contributed by atoms with E-state index in [1.807, 2.05) is 54.6 Å². The summed E-state index contributed by atoms with van der Waals surface area (Å²) in [5, 5.41) is 7.20. The van der Waals surface area contributed by atoms with Gasteiger partial charge in [0.2, 0.25) is 0 Å². The Balaban J connectivity index is 1.75. The average molecular weight is 381 g/mol. The number of benzene rings is 3. The number of nitrogens with zero attached hydrogens (tertiary/aromatic N) is 2. The van der Waals surface area contributed by atoms with E-state index in [-0.39, 0.29) is 11.9 Å². The summed E-state index contributed by atoms with van der Waals surface area (Å²) in [7, 11) is 1.64. The van der Waals surface area contributed by atoms with Crippen molar-refractivity contribution in [3.05, 3.63) is 94.8 Å². The van der Waals surface area contributed by atoms with Gasteiger partial charge in [0.25, 0.3) is 0 Å². The molecule has 0 bridgehead atoms. The molecule has 27 heavy (non-hydrogen) atoms. The molecule has 4 rings (SSSR count). The third-order valence-corrected chi connectivity index (χ3v) is 4.94. The minimum atomic E-state index is -0.294. The second-order valence-electron chi connectivity index (χ2n) is 6.34. The lowest BCUT2D eigenvalue weighted by Crippen LogP contribution is -2.19. The van der Waals surface area contributed by atoms with Gasteiger partial charge in [0, 0.05) is 11.4 Å². The van der Waals surface area contributed by atoms with E-state index < -0.39 is 0 Å². The van der Waals surface area contributed by atoms with Gasteiger partial charge < -0.3 is 4.74 Å². The van der Waals surface area contributed by atoms with Gasteiger partial charge in [-0.15, -0.1) is 0 Å². The van der Waals surface area contributed by atoms with Gasteiger partial charge in [0.1, 0.15) is 11.6 Å². The lowest BCUT2D eigenvalue weighted by atomic mass is 9.98. The summed E-state index contributed by atoms with van der Waals surface area (Å²) in [4.78, 5) is 0. The number of halogens is 2. The van der Waals surface area contributed by atoms with Gasteiger partial charge in [0.15, 0.2) is 0 Å². The van der Waals surface area contributed by atoms with Crippen LogP contribution in [0.25, 0.3) is 0 Å². The molecule has 1 heterocycles. The van der Waals surface area contributed by atoms with Gasteiger partial charge in [-0.05, 0) is 47.5 Å². The molecule has 3 nitrogen and oxygen atoms in total. The van der Waals surface area contributed by atoms with Gasteiger partial charge in [-0.3, -0.25) is 5.01 Å². The maximum atomic E-state index is 14.5. The lowest BCUT2D eigenvalue weighted by Gasteiger charge is -2.24. The van der Waals surface area contributed by atoms with E-state index in [1.165, 1.54) is 6.07 Å². The standard InChI is InChI=1S/C22H18ClFN2O/c1-27-18-12-8-16(9-13-18)22-14-20(15-6-10-17(23)11-7-15)25-26(22)21-5-3-2-4-19(21)24/h2-13,22H,14H2,1H3/t22-/m1/s1. The molecule has 0 spiro atoms. The van der Waals surface area contributed by atoms with E-state index in [0.29, 0.717) is 17.1 Å². The molecule has 1 atom stereocenters. The quantitative estimate of drug-likeness (QED) is 0.567. The van der Waals surface area contributed by atoms with Gasteiger partial charge in [-0.25, -0.2) is 4.39 Å². The SMILES string of the molecule is COc1ccc([C@H]2CC(c3ccc(Cl)cc3)=NN2c2ccccc2F)cc1. The number of para-hydroxylation sites is 1. The summed E-state index contributed by atoms with van der Waals surface area (Å²) in [6.45, 7) is 0. The van der Waals surface area contributed by atoms with Crippen LogP contribution in [0, 0.1) is 5.82 Å². The molecule has 0 radical (unpaired) electrons. The number of anilines is 1. The fraction of sp³-hybridized carbons (Fsp3) is 0.136. The van der Waals surface area contributed by atoms with E-state index in [4.69, 9.17) is 21.4 Å². The molecule has 3 aromatic carbocycles. The van der Waals surface area contributed by atoms with Crippen LogP contribution < -0.4 is 9.75 Å². The van der Waals surface area contributed by atoms with Crippen LogP contribution in [-0.4, -0.2) is 12.8 Å². The smallest absolute Gasteiger partial charge is 0.148 e. The monoisotopic (exact) mass is 380 g/mol. The third kappa shape index (κ3) is 3.53. The Morgan fingerprint density at radius 2 is 1.70 bits per heavy atom. The van der Waals surface area contributed by atoms with E-state index in [2.05, 4.69) is 0 Å². The van der Waals surface area contributed by atoms with Crippen LogP contribution >= 0.6 is 11.6 Å². The molecule has 5 heteroatoms. The molecule has 0 saturated heterocycles. The van der Waals surface area contributed by atoms with Crippen molar-refractivity contribution in [2.45, 2.75) is 12.5 Å². The number of hydrogen-bond acceptors (Lipinski definition) is 3. The molecule has 3 aromatic rings. The molecule has 0 aliphatic carbocycles. The predicted octanol–water partition coefficient (Wildman–Crippen LogP) is 5.84. The normalized spacial score (nSPS) is 16.3. The molecule has 0 amide bonds. The molecular formula is C22H18ClFN2O. The second kappa shape index (κ2) is 7.41. The number of hydrazone groups is 1. The fourth-order valence-corrected chi connectivity index (χ4v) is 3.40. The van der Waals surface area contributed by atoms with Gasteiger partial charge >= 0.3 is 0 Å². The zero-order chi connectivity index (χ0) is 18.8. The van der Waals surface area contributed by atoms with Gasteiger partial charge in [0.05, 0.1) is 24.6 Å². The summed E-state index contributed by atoms with van der Waals surface area (Å²) >= 11 is 6.01. The van der Waals surface area contributed by atoms with E-state index in [9.17, 15) is 4.39 Å². The van der Waals surface area contributed by atoms with Crippen molar-refractivity contribution in [2.24, 2.45) is 5.10 Å². The van der Waals surface area contributed by atoms with Crippen molar-refractivity contribution < 1.29 is 9.13 Å². The fourth-order valence-electron chi connectivity index (χ4n) is 3.27. The Kier molecular flexibility index (Phi) is 4.82. The van der Waals surface area contributed by atoms with E-state index >= 15 is 0 Å². The van der Waals surface area contributed by atoms with Crippen molar-refractivity contribution in [3.63, 3.8) is 0 Å². The lowest BCUT2D eigenvalue weighted by molar-refractivity contribution is 0.414. The second-order valence-corrected chi connectivity index (χ2v) is 6.78. The zero-order valence-corrected chi connectivity index (χ0v) is 15.5. The highest BCUT2D eigenvalue weighted by Gasteiger charge is 2.31. The van der Waals surface area contributed by atoms with Crippen LogP contribution in [0.4, 0.5) is 10.1 Å². The summed E-state index contributed by atoms with van der Waals surface area (Å²) in [5.74, 6) is 0.491. The first-order valence-corrected chi connectivity index (χ1v) is 9.04. The number of hydrogen-bond donors (Lipinski definition) is 0. The van der Waals surface area contributed by atoms with E-state index in [1.54, 1.807) is 24.3 Å². The highest BCUT2D eigenvalue weighted by atomic mass is 35.5. The maximum absolute atomic E-state index is 14.5. The molecule has 0 aromatic heterocycles. The molecule has 136 valence electrons. The Morgan fingerprint density at radius 3 is 2.37 bits per heavy atom. The van der Waals surface area contributed by atoms with Gasteiger partial charge in [-0.2, -0.15) is 5.10 Å². The van der Waals surface area contributed by atoms with Crippen LogP contribution in [0.3, 0.4) is 0 Å². The maximum Gasteiger partial charge on any atom is 0.148 e. The predicted molar refractivity (Wildman–Crippen MR) is 107 cm³/mol. The third-order valence-electron chi connectivity index (χ3n) is 4.69. The summed E-state index contributed by atoms with van der Waals surface area (Å²) in [6, 6.07) is 22.0. The average Bonchev–Trinajstić information content (AvgIpc) is 3.14. The molecule has 1 aliphatic rings. The Labute approximate surface area is 162 Å². The van der Waals surface area contributed by atoms with Crippen molar-refractivity contribution >= 4 is 23.0 Å². The molecule has 0 unspecified atom stereocenters. The highest BCUT2D eigenvalue weighted by Crippen LogP contribution is 2.38. The van der Waals surface area contributed by atoms with E-state index in [0.717, 1.165) is 22.6 Å². The molecule has 0 saturated carbocycles. The minimum Gasteiger partial charge on any atom is -0.497 e. The zero-order valence-electron chi connectivity index (χ0n) is 14.8. The largest absolute Gasteiger partial charge is 0.497 e. The Bertz CT molecular complexity index is 970. The first-order chi connectivity index (χ1) is 13.2. The minimum absolute atomic E-state index is 0.0986. The first kappa shape index (κ1) is 17.6. The van der Waals surface area contributed by atoms with Crippen molar-refractivity contribution in [2.75, 3.05) is 12.1 Å². The highest BCUT2D eigenvalue weighted by molar-refractivity contribution is 6.30. The van der Waals surface area contributed by atoms with Crippen LogP contribution in [-0.2, 0) is 0 Å². The topological polar surface area (TPSA) is 24.8 Å². The summed E-state index contributed by atoms with van der Waals surface area (Å²) < 4.78 is 19.7. The molecule has 0 fully saturated rings. The summed E-state index contributed by atoms with van der Waals surface area (Å²) in [6.07, 6.45) is 0.669. The molecule has 1 aliphatic heterocycles. The van der Waals surface area contributed by atoms with Crippen LogP contribution in [0.1, 0.15) is 23.6 Å². The Morgan fingerprint density at radius 1 is 1.00 bits per heavy atom. The first-order valence-electron chi connectivity index (χ1n) is 8.67. The van der Waals surface area contributed by atoms with Crippen LogP contribution in [0.15, 0.2) is 77.9 Å². The molecule has 0 N–H and O–H groups in total. The van der Waals surface area contributed by atoms with Crippen molar-refractivity contribution in [1.29, 1.82) is 0 Å². The number of rotatable bonds is 4. The van der Waals surface area contributed by atoms with Crippen molar-refractivity contribution in [1.82, 2.24) is 0 Å². The van der Waals surface area contributed by atoms with Gasteiger partial charge in [-0.1, -0.05) is 48.0 Å².